The number of benzene rings is 4. The number of nitrogens with zero attached hydrogens (tertiary/aromatic N) is 2. The van der Waals surface area contributed by atoms with Crippen molar-refractivity contribution < 1.29 is 14.3 Å². The third kappa shape index (κ3) is 5.66. The van der Waals surface area contributed by atoms with Crippen LogP contribution in [0, 0.1) is 0 Å². The molecule has 1 atom stereocenters. The highest BCUT2D eigenvalue weighted by molar-refractivity contribution is 7.99. The van der Waals surface area contributed by atoms with Crippen LogP contribution in [0.1, 0.15) is 30.0 Å². The average molecular weight is 495 g/mol. The number of ether oxygens (including phenoxy) is 1. The number of esters is 1. The predicted octanol–water partition coefficient (Wildman–Crippen LogP) is 6.24. The summed E-state index contributed by atoms with van der Waals surface area (Å²) in [5.41, 5.74) is 2.82. The lowest BCUT2D eigenvalue weighted by molar-refractivity contribution is -0.152. The van der Waals surface area contributed by atoms with E-state index < -0.39 is 0 Å². The molecule has 0 aliphatic carbocycles. The quantitative estimate of drug-likeness (QED) is 0.215. The van der Waals surface area contributed by atoms with Crippen LogP contribution in [0.15, 0.2) is 113 Å². The Morgan fingerprint density at radius 2 is 1.56 bits per heavy atom. The number of amides is 1. The average Bonchev–Trinajstić information content (AvgIpc) is 3.38. The van der Waals surface area contributed by atoms with Crippen molar-refractivity contribution in [3.05, 3.63) is 114 Å². The van der Waals surface area contributed by atoms with Gasteiger partial charge in [-0.3, -0.25) is 9.59 Å². The molecule has 0 bridgehead atoms. The van der Waals surface area contributed by atoms with Crippen LogP contribution in [0.4, 0.5) is 0 Å². The van der Waals surface area contributed by atoms with Gasteiger partial charge in [-0.05, 0) is 40.1 Å². The molecular weight excluding hydrogens is 468 g/mol. The molecule has 4 aromatic carbocycles. The van der Waals surface area contributed by atoms with E-state index in [2.05, 4.69) is 24.3 Å². The summed E-state index contributed by atoms with van der Waals surface area (Å²) >= 11 is 1.59. The minimum atomic E-state index is -0.388. The molecule has 4 aromatic rings. The van der Waals surface area contributed by atoms with Gasteiger partial charge < -0.3 is 4.74 Å². The van der Waals surface area contributed by atoms with Crippen molar-refractivity contribution >= 4 is 40.1 Å². The number of carbonyl (C=O) groups is 2. The van der Waals surface area contributed by atoms with Crippen LogP contribution in [-0.4, -0.2) is 35.0 Å². The van der Waals surface area contributed by atoms with Gasteiger partial charge in [0.2, 0.25) is 0 Å². The van der Waals surface area contributed by atoms with Crippen molar-refractivity contribution in [2.75, 3.05) is 12.4 Å². The van der Waals surface area contributed by atoms with E-state index >= 15 is 0 Å². The molecule has 180 valence electrons. The molecule has 1 heterocycles. The first-order valence-corrected chi connectivity index (χ1v) is 12.9. The van der Waals surface area contributed by atoms with Crippen LogP contribution in [0.5, 0.6) is 0 Å². The largest absolute Gasteiger partial charge is 0.455 e. The minimum Gasteiger partial charge on any atom is -0.455 e. The van der Waals surface area contributed by atoms with Gasteiger partial charge in [-0.25, -0.2) is 5.01 Å². The van der Waals surface area contributed by atoms with Crippen LogP contribution in [0.25, 0.3) is 10.8 Å². The molecular formula is C30H26N2O3S. The normalized spacial score (nSPS) is 15.1. The minimum absolute atomic E-state index is 0.237. The molecule has 5 rings (SSSR count). The summed E-state index contributed by atoms with van der Waals surface area (Å²) in [6, 6.07) is 33.9. The lowest BCUT2D eigenvalue weighted by Crippen LogP contribution is -2.31. The summed E-state index contributed by atoms with van der Waals surface area (Å²) in [7, 11) is 0. The second-order valence-electron chi connectivity index (χ2n) is 8.55. The summed E-state index contributed by atoms with van der Waals surface area (Å²) < 4.78 is 5.32. The summed E-state index contributed by atoms with van der Waals surface area (Å²) in [6.07, 6.45) is 0.830. The van der Waals surface area contributed by atoms with Gasteiger partial charge in [-0.15, -0.1) is 11.8 Å². The van der Waals surface area contributed by atoms with Crippen LogP contribution in [0.3, 0.4) is 0 Å². The highest BCUT2D eigenvalue weighted by Gasteiger charge is 2.33. The van der Waals surface area contributed by atoms with Crippen molar-refractivity contribution in [1.29, 1.82) is 0 Å². The number of hydrogen-bond acceptors (Lipinski definition) is 5. The van der Waals surface area contributed by atoms with Crippen LogP contribution in [0.2, 0.25) is 0 Å². The Kier molecular flexibility index (Phi) is 7.43. The van der Waals surface area contributed by atoms with Crippen LogP contribution in [-0.2, 0) is 14.3 Å². The second kappa shape index (κ2) is 11.2. The molecule has 36 heavy (non-hydrogen) atoms. The van der Waals surface area contributed by atoms with E-state index in [1.807, 2.05) is 78.9 Å². The van der Waals surface area contributed by atoms with Gasteiger partial charge in [0.15, 0.2) is 6.61 Å². The first kappa shape index (κ1) is 23.8. The maximum absolute atomic E-state index is 13.2. The van der Waals surface area contributed by atoms with Gasteiger partial charge in [0.25, 0.3) is 5.91 Å². The fraction of sp³-hybridized carbons (Fsp3) is 0.167. The Morgan fingerprint density at radius 1 is 0.861 bits per heavy atom. The molecule has 0 saturated heterocycles. The molecule has 0 aromatic heterocycles. The summed E-state index contributed by atoms with van der Waals surface area (Å²) in [5.74, 6) is -0.123. The zero-order chi connectivity index (χ0) is 24.7. The van der Waals surface area contributed by atoms with Crippen LogP contribution < -0.4 is 0 Å². The molecule has 0 unspecified atom stereocenters. The van der Waals surface area contributed by atoms with E-state index in [1.54, 1.807) is 11.8 Å². The van der Waals surface area contributed by atoms with E-state index in [9.17, 15) is 9.59 Å². The molecule has 1 amide bonds. The Labute approximate surface area is 214 Å². The van der Waals surface area contributed by atoms with Crippen molar-refractivity contribution in [3.63, 3.8) is 0 Å². The van der Waals surface area contributed by atoms with Crippen molar-refractivity contribution in [1.82, 2.24) is 5.01 Å². The number of fused-ring (bicyclic) bond motifs is 1. The Hall–Kier alpha value is -3.90. The fourth-order valence-electron chi connectivity index (χ4n) is 4.27. The summed E-state index contributed by atoms with van der Waals surface area (Å²) in [6.45, 7) is -0.327. The third-order valence-corrected chi connectivity index (χ3v) is 7.12. The van der Waals surface area contributed by atoms with E-state index in [1.165, 1.54) is 5.01 Å². The van der Waals surface area contributed by atoms with Gasteiger partial charge in [0, 0.05) is 17.1 Å². The molecule has 0 N–H and O–H groups in total. The Balaban J connectivity index is 1.27. The van der Waals surface area contributed by atoms with Crippen molar-refractivity contribution in [3.8, 4) is 0 Å². The topological polar surface area (TPSA) is 59.0 Å². The molecule has 0 fully saturated rings. The summed E-state index contributed by atoms with van der Waals surface area (Å²) in [4.78, 5) is 26.5. The van der Waals surface area contributed by atoms with E-state index in [0.29, 0.717) is 12.2 Å². The highest BCUT2D eigenvalue weighted by atomic mass is 32.2. The Morgan fingerprint density at radius 3 is 2.33 bits per heavy atom. The zero-order valence-electron chi connectivity index (χ0n) is 19.7. The standard InChI is InChI=1S/C30H26N2O3S/c33-29(21-35-30(34)17-18-36-26-13-5-2-6-14-26)32-28(23-10-3-1-4-11-23)20-27(31-32)25-16-15-22-9-7-8-12-24(22)19-25/h1-16,19,28H,17-18,20-21H2/t28-/m0/s1. The maximum atomic E-state index is 13.2. The van der Waals surface area contributed by atoms with Crippen LogP contribution >= 0.6 is 11.8 Å². The SMILES string of the molecule is O=C(CCSc1ccccc1)OCC(=O)N1N=C(c2ccc3ccccc3c2)C[C@H]1c1ccccc1. The number of carbonyl (C=O) groups excluding carboxylic acids is 2. The lowest BCUT2D eigenvalue weighted by Gasteiger charge is -2.21. The monoisotopic (exact) mass is 494 g/mol. The highest BCUT2D eigenvalue weighted by Crippen LogP contribution is 2.33. The first-order chi connectivity index (χ1) is 17.7. The van der Waals surface area contributed by atoms with Crippen molar-refractivity contribution in [2.45, 2.75) is 23.8 Å². The molecule has 5 nitrogen and oxygen atoms in total. The zero-order valence-corrected chi connectivity index (χ0v) is 20.6. The lowest BCUT2D eigenvalue weighted by atomic mass is 9.97. The van der Waals surface area contributed by atoms with E-state index in [-0.39, 0.29) is 30.9 Å². The van der Waals surface area contributed by atoms with Gasteiger partial charge >= 0.3 is 5.97 Å². The predicted molar refractivity (Wildman–Crippen MR) is 144 cm³/mol. The van der Waals surface area contributed by atoms with Gasteiger partial charge in [-0.1, -0.05) is 84.9 Å². The number of hydrazone groups is 1. The van der Waals surface area contributed by atoms with Gasteiger partial charge in [-0.2, -0.15) is 5.10 Å². The van der Waals surface area contributed by atoms with E-state index in [4.69, 9.17) is 9.84 Å². The Bertz CT molecular complexity index is 1390. The molecule has 1 aliphatic heterocycles. The first-order valence-electron chi connectivity index (χ1n) is 11.9. The summed E-state index contributed by atoms with van der Waals surface area (Å²) in [5, 5.41) is 8.47. The second-order valence-corrected chi connectivity index (χ2v) is 9.72. The number of thioether (sulfide) groups is 1. The molecule has 0 radical (unpaired) electrons. The number of hydrogen-bond donors (Lipinski definition) is 0. The smallest absolute Gasteiger partial charge is 0.307 e. The maximum Gasteiger partial charge on any atom is 0.307 e. The third-order valence-electron chi connectivity index (χ3n) is 6.11. The molecule has 0 spiro atoms. The van der Waals surface area contributed by atoms with Crippen molar-refractivity contribution in [2.24, 2.45) is 5.10 Å². The fourth-order valence-corrected chi connectivity index (χ4v) is 5.12. The molecule has 1 aliphatic rings. The van der Waals surface area contributed by atoms with E-state index in [0.717, 1.165) is 32.5 Å². The number of rotatable bonds is 8. The molecule has 6 heteroatoms. The molecule has 0 saturated carbocycles. The van der Waals surface area contributed by atoms with Gasteiger partial charge in [0.05, 0.1) is 18.2 Å². The van der Waals surface area contributed by atoms with Gasteiger partial charge in [0.1, 0.15) is 0 Å².